The molecule has 0 atom stereocenters. The van der Waals surface area contributed by atoms with Crippen molar-refractivity contribution in [1.82, 2.24) is 9.97 Å². The third kappa shape index (κ3) is 4.24. The first-order valence-corrected chi connectivity index (χ1v) is 10.3. The first-order valence-electron chi connectivity index (χ1n) is 8.19. The predicted octanol–water partition coefficient (Wildman–Crippen LogP) is 4.96. The van der Waals surface area contributed by atoms with E-state index in [2.05, 4.69) is 46.6 Å². The molecular formula is C16H24IN3S. The number of hydrogen-bond acceptors (Lipinski definition) is 4. The van der Waals surface area contributed by atoms with Crippen molar-refractivity contribution in [1.29, 1.82) is 0 Å². The van der Waals surface area contributed by atoms with E-state index in [-0.39, 0.29) is 0 Å². The lowest BCUT2D eigenvalue weighted by Gasteiger charge is -2.21. The lowest BCUT2D eigenvalue weighted by atomic mass is 10.0. The molecule has 0 aliphatic heterocycles. The molecule has 2 aliphatic carbocycles. The van der Waals surface area contributed by atoms with Crippen LogP contribution >= 0.6 is 34.4 Å². The van der Waals surface area contributed by atoms with E-state index in [4.69, 9.17) is 9.97 Å². The molecule has 0 aromatic carbocycles. The Balaban J connectivity index is 1.71. The molecule has 1 heterocycles. The highest BCUT2D eigenvalue weighted by Crippen LogP contribution is 2.42. The molecule has 3 rings (SSSR count). The molecule has 116 valence electrons. The van der Waals surface area contributed by atoms with Crippen molar-refractivity contribution >= 4 is 40.2 Å². The molecule has 2 fully saturated rings. The molecule has 2 aliphatic rings. The van der Waals surface area contributed by atoms with Crippen LogP contribution in [0.2, 0.25) is 0 Å². The van der Waals surface area contributed by atoms with Crippen molar-refractivity contribution in [3.05, 3.63) is 15.1 Å². The van der Waals surface area contributed by atoms with E-state index in [0.29, 0.717) is 5.92 Å². The number of rotatable bonds is 6. The number of thioether (sulfide) groups is 1. The molecule has 0 unspecified atom stereocenters. The fourth-order valence-electron chi connectivity index (χ4n) is 2.91. The average Bonchev–Trinajstić information content (AvgIpc) is 3.34. The molecule has 0 amide bonds. The SMILES string of the molecule is CCNc1nc(CSC2CCCCC2)nc(C2CC2)c1I. The highest BCUT2D eigenvalue weighted by Gasteiger charge is 2.29. The van der Waals surface area contributed by atoms with E-state index in [0.717, 1.165) is 29.2 Å². The van der Waals surface area contributed by atoms with Crippen LogP contribution in [0.15, 0.2) is 0 Å². The van der Waals surface area contributed by atoms with Crippen LogP contribution in [0.4, 0.5) is 5.82 Å². The Bertz CT molecular complexity index is 485. The highest BCUT2D eigenvalue weighted by molar-refractivity contribution is 14.1. The van der Waals surface area contributed by atoms with Gasteiger partial charge >= 0.3 is 0 Å². The highest BCUT2D eigenvalue weighted by atomic mass is 127. The number of anilines is 1. The molecule has 1 aromatic rings. The van der Waals surface area contributed by atoms with Gasteiger partial charge in [0.25, 0.3) is 0 Å². The van der Waals surface area contributed by atoms with Crippen molar-refractivity contribution in [2.24, 2.45) is 0 Å². The standard InChI is InChI=1S/C16H24IN3S/c1-2-18-16-14(17)15(11-8-9-11)19-13(20-16)10-21-12-6-4-3-5-7-12/h11-12H,2-10H2,1H3,(H,18,19,20). The molecule has 5 heteroatoms. The molecule has 0 saturated heterocycles. The van der Waals surface area contributed by atoms with Gasteiger partial charge in [-0.2, -0.15) is 11.8 Å². The normalized spacial score (nSPS) is 19.7. The Hall–Kier alpha value is -0.0400. The van der Waals surface area contributed by atoms with Crippen LogP contribution in [-0.2, 0) is 5.75 Å². The first-order chi connectivity index (χ1) is 10.3. The number of nitrogens with zero attached hydrogens (tertiary/aromatic N) is 2. The molecule has 3 nitrogen and oxygen atoms in total. The minimum Gasteiger partial charge on any atom is -0.369 e. The van der Waals surface area contributed by atoms with Crippen LogP contribution in [0.3, 0.4) is 0 Å². The second-order valence-corrected chi connectivity index (χ2v) is 8.43. The maximum atomic E-state index is 4.88. The van der Waals surface area contributed by atoms with Gasteiger partial charge in [-0.25, -0.2) is 9.97 Å². The Labute approximate surface area is 145 Å². The predicted molar refractivity (Wildman–Crippen MR) is 99.1 cm³/mol. The largest absolute Gasteiger partial charge is 0.369 e. The summed E-state index contributed by atoms with van der Waals surface area (Å²) >= 11 is 4.48. The number of nitrogens with one attached hydrogen (secondary N) is 1. The molecule has 0 spiro atoms. The summed E-state index contributed by atoms with van der Waals surface area (Å²) in [6.07, 6.45) is 9.59. The third-order valence-corrected chi connectivity index (χ3v) is 6.66. The zero-order valence-corrected chi connectivity index (χ0v) is 15.7. The topological polar surface area (TPSA) is 37.8 Å². The van der Waals surface area contributed by atoms with Gasteiger partial charge in [-0.05, 0) is 55.2 Å². The van der Waals surface area contributed by atoms with Crippen molar-refractivity contribution in [3.63, 3.8) is 0 Å². The fraction of sp³-hybridized carbons (Fsp3) is 0.750. The average molecular weight is 417 g/mol. The third-order valence-electron chi connectivity index (χ3n) is 4.23. The minimum atomic E-state index is 0.690. The lowest BCUT2D eigenvalue weighted by molar-refractivity contribution is 0.516. The van der Waals surface area contributed by atoms with E-state index in [1.807, 2.05) is 0 Å². The summed E-state index contributed by atoms with van der Waals surface area (Å²) in [7, 11) is 0. The van der Waals surface area contributed by atoms with Crippen molar-refractivity contribution < 1.29 is 0 Å². The minimum absolute atomic E-state index is 0.690. The van der Waals surface area contributed by atoms with Gasteiger partial charge in [-0.1, -0.05) is 19.3 Å². The Morgan fingerprint density at radius 2 is 1.90 bits per heavy atom. The zero-order chi connectivity index (χ0) is 14.7. The van der Waals surface area contributed by atoms with E-state index in [1.54, 1.807) is 0 Å². The number of aromatic nitrogens is 2. The molecule has 21 heavy (non-hydrogen) atoms. The van der Waals surface area contributed by atoms with Gasteiger partial charge in [0.1, 0.15) is 11.6 Å². The molecule has 1 N–H and O–H groups in total. The summed E-state index contributed by atoms with van der Waals surface area (Å²) < 4.78 is 1.24. The van der Waals surface area contributed by atoms with Gasteiger partial charge in [0.15, 0.2) is 0 Å². The van der Waals surface area contributed by atoms with Crippen LogP contribution in [0.5, 0.6) is 0 Å². The van der Waals surface area contributed by atoms with Crippen LogP contribution in [0.25, 0.3) is 0 Å². The van der Waals surface area contributed by atoms with Crippen molar-refractivity contribution in [2.75, 3.05) is 11.9 Å². The summed E-state index contributed by atoms with van der Waals surface area (Å²) in [6, 6.07) is 0. The van der Waals surface area contributed by atoms with Crippen molar-refractivity contribution in [2.45, 2.75) is 68.8 Å². The lowest BCUT2D eigenvalue weighted by Crippen LogP contribution is -2.11. The zero-order valence-electron chi connectivity index (χ0n) is 12.7. The van der Waals surface area contributed by atoms with Crippen LogP contribution in [-0.4, -0.2) is 21.8 Å². The Morgan fingerprint density at radius 1 is 1.14 bits per heavy atom. The van der Waals surface area contributed by atoms with E-state index in [1.165, 1.54) is 54.2 Å². The van der Waals surface area contributed by atoms with E-state index >= 15 is 0 Å². The summed E-state index contributed by atoms with van der Waals surface area (Å²) in [5.74, 6) is 3.74. The van der Waals surface area contributed by atoms with Crippen molar-refractivity contribution in [3.8, 4) is 0 Å². The van der Waals surface area contributed by atoms with Gasteiger partial charge in [0, 0.05) is 17.7 Å². The smallest absolute Gasteiger partial charge is 0.143 e. The molecule has 2 saturated carbocycles. The quantitative estimate of drug-likeness (QED) is 0.665. The van der Waals surface area contributed by atoms with Gasteiger partial charge in [0.2, 0.25) is 0 Å². The first kappa shape index (κ1) is 15.8. The summed E-state index contributed by atoms with van der Waals surface area (Å²) in [5, 5.41) is 4.24. The van der Waals surface area contributed by atoms with E-state index in [9.17, 15) is 0 Å². The molecule has 0 bridgehead atoms. The molecule has 0 radical (unpaired) electrons. The van der Waals surface area contributed by atoms with Crippen LogP contribution in [0.1, 0.15) is 69.3 Å². The molecular weight excluding hydrogens is 393 g/mol. The number of halogens is 1. The second-order valence-electron chi connectivity index (χ2n) is 6.06. The maximum Gasteiger partial charge on any atom is 0.143 e. The van der Waals surface area contributed by atoms with Gasteiger partial charge < -0.3 is 5.32 Å². The van der Waals surface area contributed by atoms with Gasteiger partial charge in [-0.15, -0.1) is 0 Å². The van der Waals surface area contributed by atoms with Gasteiger partial charge in [-0.3, -0.25) is 0 Å². The summed E-state index contributed by atoms with van der Waals surface area (Å²) in [5.41, 5.74) is 1.29. The van der Waals surface area contributed by atoms with Crippen LogP contribution < -0.4 is 5.32 Å². The van der Waals surface area contributed by atoms with Gasteiger partial charge in [0.05, 0.1) is 15.0 Å². The Morgan fingerprint density at radius 3 is 2.57 bits per heavy atom. The Kier molecular flexibility index (Phi) is 5.65. The monoisotopic (exact) mass is 417 g/mol. The maximum absolute atomic E-state index is 4.88. The summed E-state index contributed by atoms with van der Waals surface area (Å²) in [4.78, 5) is 9.65. The number of hydrogen-bond donors (Lipinski definition) is 1. The molecule has 1 aromatic heterocycles. The fourth-order valence-corrected chi connectivity index (χ4v) is 4.97. The van der Waals surface area contributed by atoms with E-state index < -0.39 is 0 Å². The summed E-state index contributed by atoms with van der Waals surface area (Å²) in [6.45, 7) is 3.05. The van der Waals surface area contributed by atoms with Crippen LogP contribution in [0, 0.1) is 3.57 Å². The second kappa shape index (κ2) is 7.49.